The van der Waals surface area contributed by atoms with E-state index >= 15 is 0 Å². The molecule has 1 aliphatic heterocycles. The molecular weight excluding hydrogens is 345 g/mol. The highest BCUT2D eigenvalue weighted by Gasteiger charge is 2.21. The van der Waals surface area contributed by atoms with E-state index in [0.717, 1.165) is 24.5 Å². The molecule has 6 heteroatoms. The van der Waals surface area contributed by atoms with Gasteiger partial charge >= 0.3 is 0 Å². The van der Waals surface area contributed by atoms with E-state index in [1.54, 1.807) is 35.4 Å². The normalized spacial score (nSPS) is 13.7. The number of furan rings is 1. The number of hydrogen-bond donors (Lipinski definition) is 0. The molecule has 5 nitrogen and oxygen atoms in total. The molecule has 0 bridgehead atoms. The summed E-state index contributed by atoms with van der Waals surface area (Å²) in [4.78, 5) is 21.2. The minimum Gasteiger partial charge on any atom is -0.459 e. The van der Waals surface area contributed by atoms with Crippen LogP contribution in [0.1, 0.15) is 29.0 Å². The quantitative estimate of drug-likeness (QED) is 0.678. The van der Waals surface area contributed by atoms with E-state index in [4.69, 9.17) is 4.42 Å². The van der Waals surface area contributed by atoms with Crippen LogP contribution < -0.4 is 9.80 Å². The first-order valence-electron chi connectivity index (χ1n) is 9.01. The molecule has 1 aliphatic rings. The topological polar surface area (TPSA) is 49.6 Å². The Bertz CT molecular complexity index is 886. The molecule has 1 saturated heterocycles. The third-order valence-electron chi connectivity index (χ3n) is 4.70. The van der Waals surface area contributed by atoms with Gasteiger partial charge in [0.25, 0.3) is 5.91 Å². The zero-order chi connectivity index (χ0) is 18.6. The number of benzene rings is 1. The Morgan fingerprint density at radius 1 is 1.11 bits per heavy atom. The molecule has 27 heavy (non-hydrogen) atoms. The van der Waals surface area contributed by atoms with E-state index in [1.807, 2.05) is 12.1 Å². The standard InChI is InChI=1S/C21H20FN3O2/c22-17-6-8-18(9-7-17)25(21(26)19-4-3-13-27-19)15-16-5-10-20(23-14-16)24-11-1-2-12-24/h3-10,13-14H,1-2,11-12,15H2. The maximum Gasteiger partial charge on any atom is 0.294 e. The van der Waals surface area contributed by atoms with Gasteiger partial charge in [0.2, 0.25) is 0 Å². The van der Waals surface area contributed by atoms with Crippen molar-refractivity contribution in [2.24, 2.45) is 0 Å². The molecule has 1 aromatic carbocycles. The van der Waals surface area contributed by atoms with Crippen LogP contribution >= 0.6 is 0 Å². The van der Waals surface area contributed by atoms with Gasteiger partial charge in [-0.2, -0.15) is 0 Å². The summed E-state index contributed by atoms with van der Waals surface area (Å²) < 4.78 is 18.6. The third kappa shape index (κ3) is 3.84. The van der Waals surface area contributed by atoms with Crippen LogP contribution in [-0.2, 0) is 6.54 Å². The Labute approximate surface area is 157 Å². The molecule has 4 rings (SSSR count). The fourth-order valence-corrected chi connectivity index (χ4v) is 3.26. The lowest BCUT2D eigenvalue weighted by molar-refractivity contribution is 0.0958. The summed E-state index contributed by atoms with van der Waals surface area (Å²) in [6.45, 7) is 2.38. The Kier molecular flexibility index (Phi) is 4.87. The smallest absolute Gasteiger partial charge is 0.294 e. The summed E-state index contributed by atoms with van der Waals surface area (Å²) in [5.41, 5.74) is 1.49. The van der Waals surface area contributed by atoms with Crippen molar-refractivity contribution < 1.29 is 13.6 Å². The van der Waals surface area contributed by atoms with Crippen LogP contribution in [0.4, 0.5) is 15.9 Å². The first-order chi connectivity index (χ1) is 13.2. The van der Waals surface area contributed by atoms with Gasteiger partial charge in [-0.15, -0.1) is 0 Å². The lowest BCUT2D eigenvalue weighted by Crippen LogP contribution is -2.30. The van der Waals surface area contributed by atoms with Gasteiger partial charge in [-0.1, -0.05) is 6.07 Å². The van der Waals surface area contributed by atoms with E-state index in [0.29, 0.717) is 12.2 Å². The number of amides is 1. The summed E-state index contributed by atoms with van der Waals surface area (Å²) in [6.07, 6.45) is 5.64. The molecule has 1 amide bonds. The molecule has 0 unspecified atom stereocenters. The fraction of sp³-hybridized carbons (Fsp3) is 0.238. The zero-order valence-electron chi connectivity index (χ0n) is 14.8. The molecule has 138 valence electrons. The molecular formula is C21H20FN3O2. The van der Waals surface area contributed by atoms with Gasteiger partial charge in [-0.05, 0) is 60.9 Å². The first-order valence-corrected chi connectivity index (χ1v) is 9.01. The summed E-state index contributed by atoms with van der Waals surface area (Å²) in [7, 11) is 0. The molecule has 1 fully saturated rings. The number of anilines is 2. The molecule has 0 spiro atoms. The Morgan fingerprint density at radius 3 is 2.52 bits per heavy atom. The largest absolute Gasteiger partial charge is 0.459 e. The minimum atomic E-state index is -0.346. The Balaban J connectivity index is 1.58. The average Bonchev–Trinajstić information content (AvgIpc) is 3.41. The van der Waals surface area contributed by atoms with E-state index in [1.165, 1.54) is 31.2 Å². The fourth-order valence-electron chi connectivity index (χ4n) is 3.26. The predicted octanol–water partition coefficient (Wildman–Crippen LogP) is 4.26. The van der Waals surface area contributed by atoms with Gasteiger partial charge in [0.05, 0.1) is 12.8 Å². The number of aromatic nitrogens is 1. The van der Waals surface area contributed by atoms with Crippen molar-refractivity contribution in [2.75, 3.05) is 22.9 Å². The molecule has 0 atom stereocenters. The van der Waals surface area contributed by atoms with E-state index < -0.39 is 0 Å². The molecule has 3 aromatic rings. The molecule has 3 heterocycles. The van der Waals surface area contributed by atoms with Gasteiger partial charge in [-0.25, -0.2) is 9.37 Å². The van der Waals surface area contributed by atoms with Crippen molar-refractivity contribution >= 4 is 17.4 Å². The van der Waals surface area contributed by atoms with Gasteiger partial charge in [0.15, 0.2) is 5.76 Å². The highest BCUT2D eigenvalue weighted by Crippen LogP contribution is 2.22. The van der Waals surface area contributed by atoms with Crippen molar-refractivity contribution in [2.45, 2.75) is 19.4 Å². The van der Waals surface area contributed by atoms with Gasteiger partial charge in [0.1, 0.15) is 11.6 Å². The summed E-state index contributed by atoms with van der Waals surface area (Å²) in [5, 5.41) is 0. The summed E-state index contributed by atoms with van der Waals surface area (Å²) >= 11 is 0. The van der Waals surface area contributed by atoms with E-state index in [9.17, 15) is 9.18 Å². The van der Waals surface area contributed by atoms with Gasteiger partial charge in [-0.3, -0.25) is 4.79 Å². The molecule has 0 N–H and O–H groups in total. The van der Waals surface area contributed by atoms with Crippen LogP contribution in [0.15, 0.2) is 65.4 Å². The lowest BCUT2D eigenvalue weighted by Gasteiger charge is -2.22. The number of halogens is 1. The number of hydrogen-bond acceptors (Lipinski definition) is 4. The summed E-state index contributed by atoms with van der Waals surface area (Å²) in [6, 6.07) is 13.1. The van der Waals surface area contributed by atoms with Crippen LogP contribution in [0.3, 0.4) is 0 Å². The number of carbonyl (C=O) groups excluding carboxylic acids is 1. The van der Waals surface area contributed by atoms with Crippen molar-refractivity contribution in [1.82, 2.24) is 4.98 Å². The third-order valence-corrected chi connectivity index (χ3v) is 4.70. The van der Waals surface area contributed by atoms with Crippen LogP contribution in [-0.4, -0.2) is 24.0 Å². The Morgan fingerprint density at radius 2 is 1.89 bits per heavy atom. The van der Waals surface area contributed by atoms with E-state index in [2.05, 4.69) is 9.88 Å². The maximum absolute atomic E-state index is 13.3. The Hall–Kier alpha value is -3.15. The number of carbonyl (C=O) groups is 1. The highest BCUT2D eigenvalue weighted by atomic mass is 19.1. The van der Waals surface area contributed by atoms with Crippen molar-refractivity contribution in [3.8, 4) is 0 Å². The van der Waals surface area contributed by atoms with Gasteiger partial charge < -0.3 is 14.2 Å². The predicted molar refractivity (Wildman–Crippen MR) is 101 cm³/mol. The molecule has 2 aromatic heterocycles. The molecule has 0 radical (unpaired) electrons. The minimum absolute atomic E-state index is 0.237. The maximum atomic E-state index is 13.3. The second-order valence-electron chi connectivity index (χ2n) is 6.56. The van der Waals surface area contributed by atoms with Crippen LogP contribution in [0.25, 0.3) is 0 Å². The zero-order valence-corrected chi connectivity index (χ0v) is 14.8. The second-order valence-corrected chi connectivity index (χ2v) is 6.56. The van der Waals surface area contributed by atoms with Crippen molar-refractivity contribution in [3.05, 3.63) is 78.1 Å². The van der Waals surface area contributed by atoms with Crippen molar-refractivity contribution in [3.63, 3.8) is 0 Å². The number of pyridine rings is 1. The summed E-state index contributed by atoms with van der Waals surface area (Å²) in [5.74, 6) is 0.568. The monoisotopic (exact) mass is 365 g/mol. The second kappa shape index (κ2) is 7.61. The highest BCUT2D eigenvalue weighted by molar-refractivity contribution is 6.04. The van der Waals surface area contributed by atoms with Crippen LogP contribution in [0.2, 0.25) is 0 Å². The van der Waals surface area contributed by atoms with E-state index in [-0.39, 0.29) is 17.5 Å². The lowest BCUT2D eigenvalue weighted by atomic mass is 10.2. The number of nitrogens with zero attached hydrogens (tertiary/aromatic N) is 3. The average molecular weight is 365 g/mol. The van der Waals surface area contributed by atoms with Crippen LogP contribution in [0, 0.1) is 5.82 Å². The van der Waals surface area contributed by atoms with Crippen LogP contribution in [0.5, 0.6) is 0 Å². The first kappa shape index (κ1) is 17.3. The SMILES string of the molecule is O=C(c1ccco1)N(Cc1ccc(N2CCCC2)nc1)c1ccc(F)cc1. The molecule has 0 aliphatic carbocycles. The van der Waals surface area contributed by atoms with Crippen molar-refractivity contribution in [1.29, 1.82) is 0 Å². The molecule has 0 saturated carbocycles. The number of rotatable bonds is 5. The van der Waals surface area contributed by atoms with Gasteiger partial charge in [0, 0.05) is 25.0 Å².